The van der Waals surface area contributed by atoms with E-state index in [1.165, 1.54) is 0 Å². The highest BCUT2D eigenvalue weighted by Gasteiger charge is 2.46. The van der Waals surface area contributed by atoms with Gasteiger partial charge in [0.2, 0.25) is 0 Å². The Labute approximate surface area is 175 Å². The van der Waals surface area contributed by atoms with E-state index in [-0.39, 0.29) is 0 Å². The predicted octanol–water partition coefficient (Wildman–Crippen LogP) is 5.37. The van der Waals surface area contributed by atoms with Crippen LogP contribution in [0.3, 0.4) is 0 Å². The lowest BCUT2D eigenvalue weighted by atomic mass is 9.79. The van der Waals surface area contributed by atoms with Gasteiger partial charge in [0, 0.05) is 0 Å². The van der Waals surface area contributed by atoms with Crippen molar-refractivity contribution < 1.29 is 9.90 Å². The predicted molar refractivity (Wildman–Crippen MR) is 118 cm³/mol. The summed E-state index contributed by atoms with van der Waals surface area (Å²) in [6.45, 7) is 0. The molecule has 0 aromatic heterocycles. The van der Waals surface area contributed by atoms with E-state index < -0.39 is 17.6 Å². The molecule has 0 radical (unpaired) electrons. The average Bonchev–Trinajstić information content (AvgIpc) is 3.09. The highest BCUT2D eigenvalue weighted by atomic mass is 16.4. The normalized spacial score (nSPS) is 14.5. The molecule has 1 atom stereocenters. The molecule has 0 aliphatic heterocycles. The second-order valence-electron chi connectivity index (χ2n) is 7.53. The van der Waals surface area contributed by atoms with E-state index in [1.807, 2.05) is 72.8 Å². The molecule has 3 nitrogen and oxygen atoms in total. The Morgan fingerprint density at radius 3 is 1.67 bits per heavy atom. The third kappa shape index (κ3) is 2.75. The Balaban J connectivity index is 1.80. The van der Waals surface area contributed by atoms with Crippen molar-refractivity contribution in [3.63, 3.8) is 0 Å². The van der Waals surface area contributed by atoms with Crippen LogP contribution in [0.15, 0.2) is 109 Å². The summed E-state index contributed by atoms with van der Waals surface area (Å²) in [6.07, 6.45) is 0. The highest BCUT2D eigenvalue weighted by molar-refractivity contribution is 5.84. The topological polar surface area (TPSA) is 49.3 Å². The molecule has 3 heteroatoms. The van der Waals surface area contributed by atoms with Crippen molar-refractivity contribution in [1.29, 1.82) is 0 Å². The van der Waals surface area contributed by atoms with E-state index in [0.29, 0.717) is 0 Å². The fourth-order valence-corrected chi connectivity index (χ4v) is 4.62. The van der Waals surface area contributed by atoms with Crippen LogP contribution in [0.2, 0.25) is 0 Å². The second-order valence-corrected chi connectivity index (χ2v) is 7.53. The third-order valence-electron chi connectivity index (χ3n) is 5.90. The summed E-state index contributed by atoms with van der Waals surface area (Å²) in [4.78, 5) is 12.4. The Morgan fingerprint density at radius 1 is 0.667 bits per heavy atom. The molecular formula is C27H21NO2. The van der Waals surface area contributed by atoms with Gasteiger partial charge in [-0.05, 0) is 33.4 Å². The van der Waals surface area contributed by atoms with Crippen LogP contribution in [-0.2, 0) is 10.3 Å². The van der Waals surface area contributed by atoms with Gasteiger partial charge in [-0.15, -0.1) is 0 Å². The summed E-state index contributed by atoms with van der Waals surface area (Å²) in [5, 5.41) is 13.8. The Bertz CT molecular complexity index is 1160. The lowest BCUT2D eigenvalue weighted by Gasteiger charge is -2.36. The number of carboxylic acid groups (broad SMARTS) is 1. The van der Waals surface area contributed by atoms with Gasteiger partial charge in [0.15, 0.2) is 0 Å². The van der Waals surface area contributed by atoms with Crippen molar-refractivity contribution in [2.45, 2.75) is 11.6 Å². The Hall–Kier alpha value is -3.69. The van der Waals surface area contributed by atoms with Crippen molar-refractivity contribution >= 4 is 5.97 Å². The van der Waals surface area contributed by atoms with E-state index >= 15 is 0 Å². The van der Waals surface area contributed by atoms with Gasteiger partial charge in [-0.2, -0.15) is 0 Å². The maximum atomic E-state index is 12.4. The molecule has 0 spiro atoms. The van der Waals surface area contributed by atoms with Crippen molar-refractivity contribution in [2.24, 2.45) is 0 Å². The summed E-state index contributed by atoms with van der Waals surface area (Å²) >= 11 is 0. The van der Waals surface area contributed by atoms with Crippen LogP contribution < -0.4 is 5.32 Å². The van der Waals surface area contributed by atoms with E-state index in [9.17, 15) is 9.90 Å². The minimum atomic E-state index is -0.904. The van der Waals surface area contributed by atoms with Gasteiger partial charge < -0.3 is 5.11 Å². The fraction of sp³-hybridized carbons (Fsp3) is 0.0741. The summed E-state index contributed by atoms with van der Waals surface area (Å²) in [6, 6.07) is 35.1. The van der Waals surface area contributed by atoms with Gasteiger partial charge in [-0.1, -0.05) is 109 Å². The minimum Gasteiger partial charge on any atom is -0.480 e. The molecule has 1 aliphatic carbocycles. The van der Waals surface area contributed by atoms with E-state index in [4.69, 9.17) is 0 Å². The standard InChI is InChI=1S/C27H21NO2/c29-26(30)25(19-11-3-1-4-12-19)28-27(20-13-5-2-6-14-20)23-17-9-7-15-21(23)22-16-8-10-18-24(22)27/h1-18,25,28H,(H,29,30)/t25-/m0/s1. The molecule has 5 rings (SSSR count). The average molecular weight is 391 g/mol. The molecular weight excluding hydrogens is 370 g/mol. The zero-order valence-electron chi connectivity index (χ0n) is 16.3. The Kier molecular flexibility index (Phi) is 4.46. The first-order valence-corrected chi connectivity index (χ1v) is 10.0. The lowest BCUT2D eigenvalue weighted by molar-refractivity contribution is -0.140. The van der Waals surface area contributed by atoms with Gasteiger partial charge in [-0.25, -0.2) is 0 Å². The molecule has 0 fully saturated rings. The number of hydrogen-bond acceptors (Lipinski definition) is 2. The molecule has 0 bridgehead atoms. The van der Waals surface area contributed by atoms with Crippen molar-refractivity contribution in [1.82, 2.24) is 5.32 Å². The maximum Gasteiger partial charge on any atom is 0.325 e. The lowest BCUT2D eigenvalue weighted by Crippen LogP contribution is -2.47. The van der Waals surface area contributed by atoms with Gasteiger partial charge in [0.1, 0.15) is 6.04 Å². The summed E-state index contributed by atoms with van der Waals surface area (Å²) in [5.41, 5.74) is 5.36. The summed E-state index contributed by atoms with van der Waals surface area (Å²) in [7, 11) is 0. The van der Waals surface area contributed by atoms with Crippen LogP contribution in [0.25, 0.3) is 11.1 Å². The van der Waals surface area contributed by atoms with Crippen LogP contribution in [0.1, 0.15) is 28.3 Å². The molecule has 0 amide bonds. The zero-order valence-corrected chi connectivity index (χ0v) is 16.3. The molecule has 4 aromatic carbocycles. The molecule has 0 unspecified atom stereocenters. The molecule has 2 N–H and O–H groups in total. The van der Waals surface area contributed by atoms with Crippen LogP contribution in [0.4, 0.5) is 0 Å². The van der Waals surface area contributed by atoms with E-state index in [1.54, 1.807) is 0 Å². The first kappa shape index (κ1) is 18.3. The van der Waals surface area contributed by atoms with Gasteiger partial charge in [-0.3, -0.25) is 10.1 Å². The van der Waals surface area contributed by atoms with Crippen molar-refractivity contribution in [3.05, 3.63) is 131 Å². The SMILES string of the molecule is O=C(O)[C@@H](NC1(c2ccccc2)c2ccccc2-c2ccccc21)c1ccccc1. The van der Waals surface area contributed by atoms with Gasteiger partial charge in [0.25, 0.3) is 0 Å². The molecule has 1 aliphatic rings. The van der Waals surface area contributed by atoms with Gasteiger partial charge >= 0.3 is 5.97 Å². The van der Waals surface area contributed by atoms with E-state index in [2.05, 4.69) is 41.7 Å². The molecule has 0 saturated heterocycles. The zero-order chi connectivity index (χ0) is 20.6. The quantitative estimate of drug-likeness (QED) is 0.481. The molecule has 146 valence electrons. The molecule has 4 aromatic rings. The molecule has 0 saturated carbocycles. The van der Waals surface area contributed by atoms with Crippen LogP contribution >= 0.6 is 0 Å². The second kappa shape index (κ2) is 7.29. The van der Waals surface area contributed by atoms with Crippen LogP contribution in [-0.4, -0.2) is 11.1 Å². The van der Waals surface area contributed by atoms with Crippen molar-refractivity contribution in [3.8, 4) is 11.1 Å². The number of rotatable bonds is 5. The minimum absolute atomic E-state index is 0.724. The largest absolute Gasteiger partial charge is 0.480 e. The first-order chi connectivity index (χ1) is 14.7. The smallest absolute Gasteiger partial charge is 0.325 e. The number of carbonyl (C=O) groups is 1. The number of carboxylic acids is 1. The first-order valence-electron chi connectivity index (χ1n) is 10.0. The monoisotopic (exact) mass is 391 g/mol. The van der Waals surface area contributed by atoms with Crippen molar-refractivity contribution in [2.75, 3.05) is 0 Å². The van der Waals surface area contributed by atoms with Crippen LogP contribution in [0, 0.1) is 0 Å². The third-order valence-corrected chi connectivity index (χ3v) is 5.90. The molecule has 30 heavy (non-hydrogen) atoms. The molecule has 0 heterocycles. The number of hydrogen-bond donors (Lipinski definition) is 2. The number of aliphatic carboxylic acids is 1. The summed E-state index contributed by atoms with van der Waals surface area (Å²) in [5.74, 6) is -0.904. The number of benzene rings is 4. The fourth-order valence-electron chi connectivity index (χ4n) is 4.62. The van der Waals surface area contributed by atoms with Gasteiger partial charge in [0.05, 0.1) is 5.54 Å². The number of nitrogens with one attached hydrogen (secondary N) is 1. The highest BCUT2D eigenvalue weighted by Crippen LogP contribution is 2.51. The van der Waals surface area contributed by atoms with E-state index in [0.717, 1.165) is 33.4 Å². The maximum absolute atomic E-state index is 12.4. The van der Waals surface area contributed by atoms with Crippen LogP contribution in [0.5, 0.6) is 0 Å². The summed E-state index contributed by atoms with van der Waals surface area (Å²) < 4.78 is 0. The Morgan fingerprint density at radius 2 is 1.13 bits per heavy atom. The number of fused-ring (bicyclic) bond motifs is 3.